The van der Waals surface area contributed by atoms with Crippen LogP contribution < -0.4 is 16.0 Å². The lowest BCUT2D eigenvalue weighted by molar-refractivity contribution is -0.115. The number of nitrogens with one attached hydrogen (secondary N) is 3. The molecule has 0 aromatic heterocycles. The van der Waals surface area contributed by atoms with E-state index in [-0.39, 0.29) is 30.2 Å². The summed E-state index contributed by atoms with van der Waals surface area (Å²) >= 11 is 0. The molecule has 0 aliphatic heterocycles. The maximum absolute atomic E-state index is 12.8. The molecule has 0 heterocycles. The molecule has 0 unspecified atom stereocenters. The van der Waals surface area contributed by atoms with Crippen LogP contribution in [-0.4, -0.2) is 18.0 Å². The second-order valence-electron chi connectivity index (χ2n) is 5.68. The lowest BCUT2D eigenvalue weighted by atomic mass is 10.1. The molecule has 2 rings (SSSR count). The number of hydrogen-bond donors (Lipinski definition) is 3. The summed E-state index contributed by atoms with van der Waals surface area (Å²) in [5, 5.41) is 8.18. The van der Waals surface area contributed by atoms with E-state index < -0.39 is 0 Å². The lowest BCUT2D eigenvalue weighted by Gasteiger charge is -2.11. The number of benzene rings is 2. The zero-order valence-electron chi connectivity index (χ0n) is 13.6. The number of carbonyl (C=O) groups is 2. The number of carbonyl (C=O) groups excluding carboxylic acids is 2. The second-order valence-corrected chi connectivity index (χ2v) is 5.68. The fourth-order valence-electron chi connectivity index (χ4n) is 2.06. The maximum Gasteiger partial charge on any atom is 0.319 e. The lowest BCUT2D eigenvalue weighted by Crippen LogP contribution is -2.34. The van der Waals surface area contributed by atoms with Crippen LogP contribution in [0.3, 0.4) is 0 Å². The van der Waals surface area contributed by atoms with Crippen molar-refractivity contribution in [2.24, 2.45) is 0 Å². The average molecular weight is 329 g/mol. The first-order valence-electron chi connectivity index (χ1n) is 7.64. The molecule has 2 aromatic carbocycles. The molecule has 0 saturated carbocycles. The molecule has 0 radical (unpaired) electrons. The van der Waals surface area contributed by atoms with Crippen LogP contribution in [0.15, 0.2) is 48.5 Å². The topological polar surface area (TPSA) is 70.2 Å². The average Bonchev–Trinajstić information content (AvgIpc) is 2.51. The Morgan fingerprint density at radius 1 is 0.917 bits per heavy atom. The summed E-state index contributed by atoms with van der Waals surface area (Å²) in [6.07, 6.45) is 0.164. The normalized spacial score (nSPS) is 10.3. The van der Waals surface area contributed by atoms with Crippen LogP contribution in [0.5, 0.6) is 0 Å². The molecule has 0 fully saturated rings. The van der Waals surface area contributed by atoms with Gasteiger partial charge in [0.1, 0.15) is 5.82 Å². The minimum atomic E-state index is -0.330. The van der Waals surface area contributed by atoms with Crippen LogP contribution in [0.4, 0.5) is 20.6 Å². The quantitative estimate of drug-likeness (QED) is 0.785. The van der Waals surface area contributed by atoms with E-state index in [0.29, 0.717) is 11.4 Å². The van der Waals surface area contributed by atoms with Crippen molar-refractivity contribution in [2.75, 3.05) is 10.6 Å². The Labute approximate surface area is 140 Å². The van der Waals surface area contributed by atoms with Crippen molar-refractivity contribution in [2.45, 2.75) is 26.3 Å². The molecule has 6 heteroatoms. The molecule has 0 spiro atoms. The molecule has 126 valence electrons. The first-order valence-corrected chi connectivity index (χ1v) is 7.64. The third-order valence-corrected chi connectivity index (χ3v) is 3.12. The van der Waals surface area contributed by atoms with Gasteiger partial charge in [0, 0.05) is 17.4 Å². The van der Waals surface area contributed by atoms with Crippen molar-refractivity contribution in [3.63, 3.8) is 0 Å². The van der Waals surface area contributed by atoms with Crippen LogP contribution >= 0.6 is 0 Å². The summed E-state index contributed by atoms with van der Waals surface area (Å²) in [7, 11) is 0. The molecule has 0 aliphatic rings. The van der Waals surface area contributed by atoms with Crippen molar-refractivity contribution in [3.05, 3.63) is 59.9 Å². The van der Waals surface area contributed by atoms with Gasteiger partial charge in [-0.05, 0) is 55.8 Å². The minimum Gasteiger partial charge on any atom is -0.336 e. The van der Waals surface area contributed by atoms with Crippen molar-refractivity contribution >= 4 is 23.3 Å². The highest BCUT2D eigenvalue weighted by Crippen LogP contribution is 2.14. The van der Waals surface area contributed by atoms with Gasteiger partial charge in [0.05, 0.1) is 6.42 Å². The highest BCUT2D eigenvalue weighted by Gasteiger charge is 2.06. The highest BCUT2D eigenvalue weighted by molar-refractivity contribution is 5.93. The number of amides is 3. The SMILES string of the molecule is CC(C)NC(=O)Nc1ccc(NC(=O)Cc2ccc(F)cc2)cc1. The van der Waals surface area contributed by atoms with Gasteiger partial charge in [-0.2, -0.15) is 0 Å². The zero-order chi connectivity index (χ0) is 17.5. The Morgan fingerprint density at radius 3 is 2.00 bits per heavy atom. The molecule has 0 saturated heterocycles. The molecule has 0 atom stereocenters. The number of anilines is 2. The molecule has 5 nitrogen and oxygen atoms in total. The van der Waals surface area contributed by atoms with Crippen molar-refractivity contribution in [1.82, 2.24) is 5.32 Å². The molecule has 24 heavy (non-hydrogen) atoms. The van der Waals surface area contributed by atoms with E-state index in [1.54, 1.807) is 36.4 Å². The fourth-order valence-corrected chi connectivity index (χ4v) is 2.06. The zero-order valence-corrected chi connectivity index (χ0v) is 13.6. The van der Waals surface area contributed by atoms with Crippen LogP contribution in [0.25, 0.3) is 0 Å². The van der Waals surface area contributed by atoms with E-state index >= 15 is 0 Å². The fraction of sp³-hybridized carbons (Fsp3) is 0.222. The summed E-state index contributed by atoms with van der Waals surface area (Å²) < 4.78 is 12.8. The van der Waals surface area contributed by atoms with E-state index in [0.717, 1.165) is 5.56 Å². The van der Waals surface area contributed by atoms with Gasteiger partial charge in [0.25, 0.3) is 0 Å². The largest absolute Gasteiger partial charge is 0.336 e. The molecule has 0 aliphatic carbocycles. The number of rotatable bonds is 5. The summed E-state index contributed by atoms with van der Waals surface area (Å²) in [5.74, 6) is -0.524. The van der Waals surface area contributed by atoms with Gasteiger partial charge in [-0.15, -0.1) is 0 Å². The monoisotopic (exact) mass is 329 g/mol. The summed E-state index contributed by atoms with van der Waals surface area (Å²) in [4.78, 5) is 23.6. The van der Waals surface area contributed by atoms with Crippen molar-refractivity contribution in [3.8, 4) is 0 Å². The first kappa shape index (κ1) is 17.5. The number of urea groups is 1. The van der Waals surface area contributed by atoms with Gasteiger partial charge in [0.15, 0.2) is 0 Å². The smallest absolute Gasteiger partial charge is 0.319 e. The molecule has 2 aromatic rings. The number of hydrogen-bond acceptors (Lipinski definition) is 2. The van der Waals surface area contributed by atoms with Gasteiger partial charge in [-0.1, -0.05) is 12.1 Å². The van der Waals surface area contributed by atoms with Crippen LogP contribution in [0, 0.1) is 5.82 Å². The first-order chi connectivity index (χ1) is 11.4. The van der Waals surface area contributed by atoms with Crippen LogP contribution in [-0.2, 0) is 11.2 Å². The summed E-state index contributed by atoms with van der Waals surface area (Å²) in [6.45, 7) is 3.75. The summed E-state index contributed by atoms with van der Waals surface area (Å²) in [6, 6.07) is 12.4. The van der Waals surface area contributed by atoms with Crippen LogP contribution in [0.1, 0.15) is 19.4 Å². The van der Waals surface area contributed by atoms with Gasteiger partial charge in [-0.25, -0.2) is 9.18 Å². The maximum atomic E-state index is 12.8. The molecule has 3 N–H and O–H groups in total. The van der Waals surface area contributed by atoms with Crippen molar-refractivity contribution < 1.29 is 14.0 Å². The Hall–Kier alpha value is -2.89. The minimum absolute atomic E-state index is 0.0509. The Bertz CT molecular complexity index is 697. The molecule has 3 amide bonds. The van der Waals surface area contributed by atoms with Gasteiger partial charge < -0.3 is 16.0 Å². The Kier molecular flexibility index (Phi) is 5.89. The summed E-state index contributed by atoms with van der Waals surface area (Å²) in [5.41, 5.74) is 1.99. The van der Waals surface area contributed by atoms with Gasteiger partial charge in [-0.3, -0.25) is 4.79 Å². The van der Waals surface area contributed by atoms with E-state index in [1.165, 1.54) is 12.1 Å². The molecule has 0 bridgehead atoms. The van der Waals surface area contributed by atoms with Crippen molar-refractivity contribution in [1.29, 1.82) is 0 Å². The van der Waals surface area contributed by atoms with E-state index in [2.05, 4.69) is 16.0 Å². The predicted molar refractivity (Wildman–Crippen MR) is 92.5 cm³/mol. The third kappa shape index (κ3) is 5.72. The third-order valence-electron chi connectivity index (χ3n) is 3.12. The Balaban J connectivity index is 1.87. The molecular weight excluding hydrogens is 309 g/mol. The Morgan fingerprint density at radius 2 is 1.46 bits per heavy atom. The number of halogens is 1. The standard InChI is InChI=1S/C18H20FN3O2/c1-12(2)20-18(24)22-16-9-7-15(8-10-16)21-17(23)11-13-3-5-14(19)6-4-13/h3-10,12H,11H2,1-2H3,(H,21,23)(H2,20,22,24). The van der Waals surface area contributed by atoms with E-state index in [1.807, 2.05) is 13.8 Å². The second kappa shape index (κ2) is 8.10. The molecular formula is C18H20FN3O2. The van der Waals surface area contributed by atoms with E-state index in [4.69, 9.17) is 0 Å². The van der Waals surface area contributed by atoms with Crippen LogP contribution in [0.2, 0.25) is 0 Å². The van der Waals surface area contributed by atoms with Gasteiger partial charge in [0.2, 0.25) is 5.91 Å². The van der Waals surface area contributed by atoms with Gasteiger partial charge >= 0.3 is 6.03 Å². The van der Waals surface area contributed by atoms with E-state index in [9.17, 15) is 14.0 Å². The highest BCUT2D eigenvalue weighted by atomic mass is 19.1. The predicted octanol–water partition coefficient (Wildman–Crippen LogP) is 3.54.